The van der Waals surface area contributed by atoms with Crippen LogP contribution in [0.1, 0.15) is 35.3 Å². The number of carboxylic acids is 1. The minimum Gasteiger partial charge on any atom is -0.478 e. The molecule has 1 amide bonds. The second kappa shape index (κ2) is 5.21. The zero-order valence-electron chi connectivity index (χ0n) is 12.1. The minimum atomic E-state index is -0.989. The number of halogens is 1. The molecule has 6 heteroatoms. The Bertz CT molecular complexity index is 781. The molecule has 1 N–H and O–H groups in total. The molecular formula is C16H14BrNO3S. The Balaban J connectivity index is 2.09. The van der Waals surface area contributed by atoms with Crippen LogP contribution in [0.2, 0.25) is 0 Å². The van der Waals surface area contributed by atoms with Crippen molar-refractivity contribution in [1.82, 2.24) is 0 Å². The average molecular weight is 380 g/mol. The lowest BCUT2D eigenvalue weighted by Crippen LogP contribution is -2.35. The molecular weight excluding hydrogens is 366 g/mol. The van der Waals surface area contributed by atoms with Crippen molar-refractivity contribution in [2.45, 2.75) is 25.8 Å². The van der Waals surface area contributed by atoms with Crippen molar-refractivity contribution in [3.05, 3.63) is 50.1 Å². The minimum absolute atomic E-state index is 0.0110. The first-order valence-corrected chi connectivity index (χ1v) is 8.41. The molecule has 0 saturated carbocycles. The van der Waals surface area contributed by atoms with Gasteiger partial charge in [-0.05, 0) is 64.5 Å². The maximum atomic E-state index is 12.8. The lowest BCUT2D eigenvalue weighted by atomic mass is 9.86. The van der Waals surface area contributed by atoms with E-state index in [2.05, 4.69) is 15.9 Å². The summed E-state index contributed by atoms with van der Waals surface area (Å²) in [6.45, 7) is 4.18. The molecule has 1 aromatic carbocycles. The third kappa shape index (κ3) is 2.27. The molecule has 0 atom stereocenters. The van der Waals surface area contributed by atoms with Gasteiger partial charge in [0.2, 0.25) is 5.91 Å². The molecule has 3 rings (SSSR count). The number of benzene rings is 1. The maximum Gasteiger partial charge on any atom is 0.335 e. The zero-order chi connectivity index (χ0) is 16.1. The second-order valence-electron chi connectivity index (χ2n) is 5.77. The number of nitrogens with zero attached hydrogens (tertiary/aromatic N) is 1. The van der Waals surface area contributed by atoms with E-state index in [1.165, 1.54) is 0 Å². The van der Waals surface area contributed by atoms with Crippen molar-refractivity contribution in [1.29, 1.82) is 0 Å². The summed E-state index contributed by atoms with van der Waals surface area (Å²) in [5.41, 5.74) is 2.12. The maximum absolute atomic E-state index is 12.8. The van der Waals surface area contributed by atoms with Gasteiger partial charge in [-0.25, -0.2) is 4.79 Å². The highest BCUT2D eigenvalue weighted by Crippen LogP contribution is 2.43. The van der Waals surface area contributed by atoms with E-state index in [1.54, 1.807) is 34.4 Å². The number of anilines is 1. The molecule has 2 heterocycles. The molecule has 1 aromatic heterocycles. The van der Waals surface area contributed by atoms with Crippen molar-refractivity contribution >= 4 is 44.8 Å². The van der Waals surface area contributed by atoms with Crippen LogP contribution in [0.3, 0.4) is 0 Å². The molecule has 0 spiro atoms. The average Bonchev–Trinajstić information content (AvgIpc) is 2.95. The van der Waals surface area contributed by atoms with Crippen LogP contribution in [0.25, 0.3) is 0 Å². The highest BCUT2D eigenvalue weighted by atomic mass is 79.9. The molecule has 4 nitrogen and oxygen atoms in total. The van der Waals surface area contributed by atoms with E-state index in [0.717, 1.165) is 14.9 Å². The third-order valence-corrected chi connectivity index (χ3v) is 5.82. The van der Waals surface area contributed by atoms with Crippen molar-refractivity contribution in [3.63, 3.8) is 0 Å². The van der Waals surface area contributed by atoms with Crippen LogP contribution in [-0.2, 0) is 16.8 Å². The smallest absolute Gasteiger partial charge is 0.335 e. The lowest BCUT2D eigenvalue weighted by molar-refractivity contribution is -0.122. The van der Waals surface area contributed by atoms with Gasteiger partial charge in [0.25, 0.3) is 0 Å². The number of thiophene rings is 1. The first kappa shape index (κ1) is 15.2. The summed E-state index contributed by atoms with van der Waals surface area (Å²) in [6.07, 6.45) is 0. The van der Waals surface area contributed by atoms with Gasteiger partial charge in [-0.1, -0.05) is 6.07 Å². The Labute approximate surface area is 140 Å². The van der Waals surface area contributed by atoms with Crippen molar-refractivity contribution in [3.8, 4) is 0 Å². The van der Waals surface area contributed by atoms with E-state index in [9.17, 15) is 14.7 Å². The normalized spacial score (nSPS) is 16.0. The molecule has 0 saturated heterocycles. The van der Waals surface area contributed by atoms with Crippen LogP contribution < -0.4 is 4.90 Å². The molecule has 1 aliphatic heterocycles. The molecule has 0 bridgehead atoms. The quantitative estimate of drug-likeness (QED) is 0.875. The van der Waals surface area contributed by atoms with Crippen LogP contribution in [0, 0.1) is 0 Å². The summed E-state index contributed by atoms with van der Waals surface area (Å²) < 4.78 is 0.987. The number of hydrogen-bond acceptors (Lipinski definition) is 3. The van der Waals surface area contributed by atoms with Crippen LogP contribution in [0.5, 0.6) is 0 Å². The second-order valence-corrected chi connectivity index (χ2v) is 8.01. The van der Waals surface area contributed by atoms with Gasteiger partial charge in [0, 0.05) is 5.69 Å². The Morgan fingerprint density at radius 3 is 2.68 bits per heavy atom. The Morgan fingerprint density at radius 1 is 1.36 bits per heavy atom. The van der Waals surface area contributed by atoms with Gasteiger partial charge < -0.3 is 10.0 Å². The first-order chi connectivity index (χ1) is 10.3. The standard InChI is InChI=1S/C16H14BrNO3S/c1-16(2)11-4-3-9(14(19)20)7-12(11)18(15(16)21)8-10-5-6-22-13(10)17/h3-7H,8H2,1-2H3,(H,19,20). The van der Waals surface area contributed by atoms with E-state index in [4.69, 9.17) is 0 Å². The first-order valence-electron chi connectivity index (χ1n) is 6.74. The van der Waals surface area contributed by atoms with E-state index >= 15 is 0 Å². The van der Waals surface area contributed by atoms with Gasteiger partial charge >= 0.3 is 5.97 Å². The molecule has 0 aliphatic carbocycles. The van der Waals surface area contributed by atoms with Crippen molar-refractivity contribution in [2.24, 2.45) is 0 Å². The van der Waals surface area contributed by atoms with Crippen LogP contribution in [0.15, 0.2) is 33.4 Å². The van der Waals surface area contributed by atoms with Crippen molar-refractivity contribution in [2.75, 3.05) is 4.90 Å². The number of fused-ring (bicyclic) bond motifs is 1. The van der Waals surface area contributed by atoms with Gasteiger partial charge in [0.1, 0.15) is 0 Å². The zero-order valence-corrected chi connectivity index (χ0v) is 14.5. The predicted molar refractivity (Wildman–Crippen MR) is 89.6 cm³/mol. The number of carbonyl (C=O) groups excluding carboxylic acids is 1. The summed E-state index contributed by atoms with van der Waals surface area (Å²) in [5.74, 6) is -1.00. The van der Waals surface area contributed by atoms with Gasteiger partial charge in [0.05, 0.1) is 21.3 Å². The number of amides is 1. The molecule has 0 unspecified atom stereocenters. The van der Waals surface area contributed by atoms with Gasteiger partial charge in [-0.2, -0.15) is 0 Å². The largest absolute Gasteiger partial charge is 0.478 e. The number of rotatable bonds is 3. The molecule has 22 heavy (non-hydrogen) atoms. The van der Waals surface area contributed by atoms with E-state index in [0.29, 0.717) is 12.2 Å². The Morgan fingerprint density at radius 2 is 2.09 bits per heavy atom. The number of hydrogen-bond donors (Lipinski definition) is 1. The van der Waals surface area contributed by atoms with Crippen molar-refractivity contribution < 1.29 is 14.7 Å². The number of aromatic carboxylic acids is 1. The topological polar surface area (TPSA) is 57.6 Å². The predicted octanol–water partition coefficient (Wildman–Crippen LogP) is 4.03. The molecule has 114 valence electrons. The number of carboxylic acid groups (broad SMARTS) is 1. The molecule has 0 radical (unpaired) electrons. The van der Waals surface area contributed by atoms with E-state index in [1.807, 2.05) is 25.3 Å². The summed E-state index contributed by atoms with van der Waals surface area (Å²) >= 11 is 5.05. The molecule has 1 aliphatic rings. The SMILES string of the molecule is CC1(C)C(=O)N(Cc2ccsc2Br)c2cc(C(=O)O)ccc21. The summed E-state index contributed by atoms with van der Waals surface area (Å²) in [5, 5.41) is 11.1. The summed E-state index contributed by atoms with van der Waals surface area (Å²) in [4.78, 5) is 25.7. The highest BCUT2D eigenvalue weighted by Gasteiger charge is 2.44. The summed E-state index contributed by atoms with van der Waals surface area (Å²) in [6, 6.07) is 6.86. The van der Waals surface area contributed by atoms with Gasteiger partial charge in [-0.15, -0.1) is 11.3 Å². The lowest BCUT2D eigenvalue weighted by Gasteiger charge is -2.20. The van der Waals surface area contributed by atoms with Crippen LogP contribution >= 0.6 is 27.3 Å². The molecule has 2 aromatic rings. The highest BCUT2D eigenvalue weighted by molar-refractivity contribution is 9.11. The fourth-order valence-electron chi connectivity index (χ4n) is 2.74. The monoisotopic (exact) mass is 379 g/mol. The van der Waals surface area contributed by atoms with Crippen LogP contribution in [0.4, 0.5) is 5.69 Å². The summed E-state index contributed by atoms with van der Waals surface area (Å²) in [7, 11) is 0. The fraction of sp³-hybridized carbons (Fsp3) is 0.250. The molecule has 0 fully saturated rings. The van der Waals surface area contributed by atoms with E-state index < -0.39 is 11.4 Å². The third-order valence-electron chi connectivity index (χ3n) is 4.01. The van der Waals surface area contributed by atoms with Gasteiger partial charge in [0.15, 0.2) is 0 Å². The van der Waals surface area contributed by atoms with E-state index in [-0.39, 0.29) is 11.5 Å². The van der Waals surface area contributed by atoms with Gasteiger partial charge in [-0.3, -0.25) is 4.79 Å². The van der Waals surface area contributed by atoms with Crippen LogP contribution in [-0.4, -0.2) is 17.0 Å². The Kier molecular flexibility index (Phi) is 3.61. The Hall–Kier alpha value is -1.66. The fourth-order valence-corrected chi connectivity index (χ4v) is 3.95. The number of carbonyl (C=O) groups is 2.